The molecule has 0 radical (unpaired) electrons. The fraction of sp³-hybridized carbons (Fsp3) is 0.939. The number of hydrogen-bond acceptors (Lipinski definition) is 2. The molecule has 0 saturated carbocycles. The third-order valence-corrected chi connectivity index (χ3v) is 8.07. The second-order valence-electron chi connectivity index (χ2n) is 11.5. The van der Waals surface area contributed by atoms with Gasteiger partial charge in [-0.2, -0.15) is 0 Å². The molecule has 1 heterocycles. The van der Waals surface area contributed by atoms with Crippen LogP contribution in [0.3, 0.4) is 0 Å². The van der Waals surface area contributed by atoms with Gasteiger partial charge in [0, 0.05) is 25.5 Å². The molecule has 2 heteroatoms. The zero-order chi connectivity index (χ0) is 25.2. The summed E-state index contributed by atoms with van der Waals surface area (Å²) in [5.74, 6) is 0. The van der Waals surface area contributed by atoms with Crippen molar-refractivity contribution in [1.29, 1.82) is 0 Å². The molecule has 208 valence electrons. The molecule has 0 amide bonds. The summed E-state index contributed by atoms with van der Waals surface area (Å²) in [5.41, 5.74) is 0. The van der Waals surface area contributed by atoms with Crippen LogP contribution in [0.4, 0.5) is 0 Å². The van der Waals surface area contributed by atoms with Gasteiger partial charge >= 0.3 is 0 Å². The second kappa shape index (κ2) is 25.0. The van der Waals surface area contributed by atoms with Gasteiger partial charge in [-0.25, -0.2) is 0 Å². The number of rotatable bonds is 27. The summed E-state index contributed by atoms with van der Waals surface area (Å²) in [7, 11) is 0. The highest BCUT2D eigenvalue weighted by Crippen LogP contribution is 2.24. The van der Waals surface area contributed by atoms with Crippen molar-refractivity contribution >= 4 is 0 Å². The van der Waals surface area contributed by atoms with Gasteiger partial charge in [0.1, 0.15) is 6.17 Å². The van der Waals surface area contributed by atoms with Gasteiger partial charge in [-0.15, -0.1) is 0 Å². The number of nitrogens with zero attached hydrogens (tertiary/aromatic N) is 2. The van der Waals surface area contributed by atoms with E-state index in [1.54, 1.807) is 0 Å². The largest absolute Gasteiger partial charge is 0.356 e. The average Bonchev–Trinajstić information content (AvgIpc) is 3.25. The monoisotopic (exact) mass is 491 g/mol. The fourth-order valence-corrected chi connectivity index (χ4v) is 5.66. The van der Waals surface area contributed by atoms with E-state index >= 15 is 0 Å². The molecular weight excluding hydrogens is 424 g/mol. The summed E-state index contributed by atoms with van der Waals surface area (Å²) in [6, 6.07) is 0. The van der Waals surface area contributed by atoms with Crippen molar-refractivity contribution < 1.29 is 0 Å². The third-order valence-electron chi connectivity index (χ3n) is 8.07. The minimum absolute atomic E-state index is 0.643. The Bertz CT molecular complexity index is 446. The van der Waals surface area contributed by atoms with Crippen molar-refractivity contribution in [3.05, 3.63) is 12.4 Å². The highest BCUT2D eigenvalue weighted by Gasteiger charge is 2.24. The molecule has 0 bridgehead atoms. The van der Waals surface area contributed by atoms with Crippen molar-refractivity contribution in [2.45, 2.75) is 187 Å². The first-order valence-electron chi connectivity index (χ1n) is 16.5. The smallest absolute Gasteiger partial charge is 0.101 e. The Morgan fingerprint density at radius 3 is 1.00 bits per heavy atom. The SMILES string of the molecule is CCCCCCCCCCCCCCN1C=CN(CCCCCCC)C1CCCCCCCCC. The minimum Gasteiger partial charge on any atom is -0.356 e. The van der Waals surface area contributed by atoms with Crippen LogP contribution < -0.4 is 0 Å². The lowest BCUT2D eigenvalue weighted by molar-refractivity contribution is 0.135. The van der Waals surface area contributed by atoms with Crippen LogP contribution in [0, 0.1) is 0 Å². The maximum atomic E-state index is 2.69. The van der Waals surface area contributed by atoms with Crippen LogP contribution in [0.1, 0.15) is 181 Å². The quantitative estimate of drug-likeness (QED) is 0.106. The molecular formula is C33H66N2. The van der Waals surface area contributed by atoms with Gasteiger partial charge in [0.25, 0.3) is 0 Å². The van der Waals surface area contributed by atoms with Gasteiger partial charge < -0.3 is 9.80 Å². The highest BCUT2D eigenvalue weighted by molar-refractivity contribution is 4.97. The minimum atomic E-state index is 0.643. The van der Waals surface area contributed by atoms with Crippen molar-refractivity contribution in [1.82, 2.24) is 9.80 Å². The molecule has 0 saturated heterocycles. The Hall–Kier alpha value is -0.660. The molecule has 1 aliphatic rings. The Morgan fingerprint density at radius 1 is 0.371 bits per heavy atom. The van der Waals surface area contributed by atoms with Gasteiger partial charge in [-0.3, -0.25) is 0 Å². The van der Waals surface area contributed by atoms with E-state index < -0.39 is 0 Å². The van der Waals surface area contributed by atoms with Crippen molar-refractivity contribution in [2.24, 2.45) is 0 Å². The predicted octanol–water partition coefficient (Wildman–Crippen LogP) is 11.2. The lowest BCUT2D eigenvalue weighted by atomic mass is 10.0. The maximum Gasteiger partial charge on any atom is 0.101 e. The Labute approximate surface area is 222 Å². The molecule has 0 fully saturated rings. The first-order valence-corrected chi connectivity index (χ1v) is 16.5. The second-order valence-corrected chi connectivity index (χ2v) is 11.5. The lowest BCUT2D eigenvalue weighted by Gasteiger charge is -2.33. The van der Waals surface area contributed by atoms with Gasteiger partial charge in [0.15, 0.2) is 0 Å². The Balaban J connectivity index is 2.19. The van der Waals surface area contributed by atoms with Crippen LogP contribution in [0.15, 0.2) is 12.4 Å². The van der Waals surface area contributed by atoms with Gasteiger partial charge in [0.05, 0.1) is 0 Å². The summed E-state index contributed by atoms with van der Waals surface area (Å²) in [6.07, 6.45) is 41.0. The molecule has 35 heavy (non-hydrogen) atoms. The molecule has 0 aliphatic carbocycles. The predicted molar refractivity (Wildman–Crippen MR) is 159 cm³/mol. The number of unbranched alkanes of at least 4 members (excludes halogenated alkanes) is 21. The first-order chi connectivity index (χ1) is 17.3. The molecule has 1 atom stereocenters. The van der Waals surface area contributed by atoms with Crippen LogP contribution in [-0.4, -0.2) is 29.1 Å². The molecule has 0 aromatic heterocycles. The molecule has 1 aliphatic heterocycles. The topological polar surface area (TPSA) is 6.48 Å². The molecule has 0 aromatic rings. The van der Waals surface area contributed by atoms with E-state index in [9.17, 15) is 0 Å². The van der Waals surface area contributed by atoms with Crippen LogP contribution >= 0.6 is 0 Å². The van der Waals surface area contributed by atoms with E-state index in [0.717, 1.165) is 0 Å². The zero-order valence-corrected chi connectivity index (χ0v) is 24.7. The van der Waals surface area contributed by atoms with Crippen LogP contribution in [0.5, 0.6) is 0 Å². The van der Waals surface area contributed by atoms with E-state index in [1.807, 2.05) is 0 Å². The van der Waals surface area contributed by atoms with Gasteiger partial charge in [0.2, 0.25) is 0 Å². The highest BCUT2D eigenvalue weighted by atomic mass is 15.4. The Morgan fingerprint density at radius 2 is 0.657 bits per heavy atom. The average molecular weight is 491 g/mol. The normalized spacial score (nSPS) is 15.6. The zero-order valence-electron chi connectivity index (χ0n) is 24.7. The van der Waals surface area contributed by atoms with Crippen molar-refractivity contribution in [3.8, 4) is 0 Å². The summed E-state index contributed by atoms with van der Waals surface area (Å²) in [6.45, 7) is 9.46. The molecule has 1 rings (SSSR count). The van der Waals surface area contributed by atoms with E-state index in [2.05, 4.69) is 43.0 Å². The van der Waals surface area contributed by atoms with Gasteiger partial charge in [-0.05, 0) is 25.7 Å². The summed E-state index contributed by atoms with van der Waals surface area (Å²) >= 11 is 0. The third kappa shape index (κ3) is 18.3. The van der Waals surface area contributed by atoms with E-state index in [4.69, 9.17) is 0 Å². The van der Waals surface area contributed by atoms with E-state index in [1.165, 1.54) is 174 Å². The molecule has 2 nitrogen and oxygen atoms in total. The number of hydrogen-bond donors (Lipinski definition) is 0. The van der Waals surface area contributed by atoms with Gasteiger partial charge in [-0.1, -0.05) is 156 Å². The van der Waals surface area contributed by atoms with E-state index in [0.29, 0.717) is 6.17 Å². The van der Waals surface area contributed by atoms with Crippen LogP contribution in [-0.2, 0) is 0 Å². The summed E-state index contributed by atoms with van der Waals surface area (Å²) < 4.78 is 0. The fourth-order valence-electron chi connectivity index (χ4n) is 5.66. The van der Waals surface area contributed by atoms with Crippen molar-refractivity contribution in [3.63, 3.8) is 0 Å². The summed E-state index contributed by atoms with van der Waals surface area (Å²) in [5, 5.41) is 0. The first kappa shape index (κ1) is 32.4. The maximum absolute atomic E-state index is 2.69. The molecule has 0 N–H and O–H groups in total. The van der Waals surface area contributed by atoms with Crippen LogP contribution in [0.25, 0.3) is 0 Å². The van der Waals surface area contributed by atoms with E-state index in [-0.39, 0.29) is 0 Å². The lowest BCUT2D eigenvalue weighted by Crippen LogP contribution is -2.39. The molecule has 0 aromatic carbocycles. The molecule has 1 unspecified atom stereocenters. The van der Waals surface area contributed by atoms with Crippen molar-refractivity contribution in [2.75, 3.05) is 13.1 Å². The standard InChI is InChI=1S/C33H66N2/c1-4-7-10-13-15-16-17-18-19-21-24-27-30-35-32-31-34(29-26-23-12-9-6-3)33(35)28-25-22-20-14-11-8-5-2/h31-33H,4-30H2,1-3H3. The molecule has 0 spiro atoms. The Kier molecular flexibility index (Phi) is 23.1. The summed E-state index contributed by atoms with van der Waals surface area (Å²) in [4.78, 5) is 5.38. The van der Waals surface area contributed by atoms with Crippen LogP contribution in [0.2, 0.25) is 0 Å².